The molecule has 4 heteroatoms. The van der Waals surface area contributed by atoms with E-state index in [1.807, 2.05) is 13.8 Å². The van der Waals surface area contributed by atoms with Gasteiger partial charge < -0.3 is 14.7 Å². The average molecular weight is 257 g/mol. The van der Waals surface area contributed by atoms with Gasteiger partial charge >= 0.3 is 0 Å². The summed E-state index contributed by atoms with van der Waals surface area (Å²) < 4.78 is 5.73. The lowest BCUT2D eigenvalue weighted by Crippen LogP contribution is -2.42. The van der Waals surface area contributed by atoms with E-state index >= 15 is 0 Å². The Hall–Kier alpha value is -0.610. The van der Waals surface area contributed by atoms with Crippen LogP contribution in [0, 0.1) is 11.8 Å². The zero-order valence-corrected chi connectivity index (χ0v) is 12.1. The predicted octanol–water partition coefficient (Wildman–Crippen LogP) is 1.67. The summed E-state index contributed by atoms with van der Waals surface area (Å²) in [5, 5.41) is 9.09. The minimum absolute atomic E-state index is 0.0229. The van der Waals surface area contributed by atoms with Gasteiger partial charge in [0.15, 0.2) is 0 Å². The molecule has 0 aliphatic carbocycles. The summed E-state index contributed by atoms with van der Waals surface area (Å²) in [6, 6.07) is 0. The van der Waals surface area contributed by atoms with Crippen molar-refractivity contribution in [1.82, 2.24) is 4.90 Å². The third kappa shape index (κ3) is 3.45. The van der Waals surface area contributed by atoms with E-state index in [1.165, 1.54) is 0 Å². The first-order valence-corrected chi connectivity index (χ1v) is 7.08. The summed E-state index contributed by atoms with van der Waals surface area (Å²) in [5.41, 5.74) is 0. The molecule has 1 saturated heterocycles. The number of carbonyl (C=O) groups is 1. The lowest BCUT2D eigenvalue weighted by atomic mass is 9.88. The van der Waals surface area contributed by atoms with Crippen LogP contribution in [0.2, 0.25) is 0 Å². The maximum atomic E-state index is 12.5. The van der Waals surface area contributed by atoms with Crippen LogP contribution < -0.4 is 0 Å². The van der Waals surface area contributed by atoms with Crippen LogP contribution in [0.4, 0.5) is 0 Å². The molecule has 1 aliphatic heterocycles. The maximum absolute atomic E-state index is 12.5. The Morgan fingerprint density at radius 3 is 2.33 bits per heavy atom. The van der Waals surface area contributed by atoms with Gasteiger partial charge in [-0.2, -0.15) is 0 Å². The van der Waals surface area contributed by atoms with Crippen molar-refractivity contribution in [3.05, 3.63) is 0 Å². The molecule has 1 fully saturated rings. The maximum Gasteiger partial charge on any atom is 0.228 e. The SMILES string of the molecule is CCCCN(CCO)C(=O)C1C(C)OC(C)C1C. The lowest BCUT2D eigenvalue weighted by Gasteiger charge is -2.28. The topological polar surface area (TPSA) is 49.8 Å². The second-order valence-electron chi connectivity index (χ2n) is 5.33. The molecular formula is C14H27NO3. The molecule has 1 rings (SSSR count). The van der Waals surface area contributed by atoms with E-state index in [1.54, 1.807) is 4.90 Å². The third-order valence-electron chi connectivity index (χ3n) is 3.99. The van der Waals surface area contributed by atoms with Crippen molar-refractivity contribution >= 4 is 5.91 Å². The van der Waals surface area contributed by atoms with Crippen molar-refractivity contribution in [2.45, 2.75) is 52.7 Å². The highest BCUT2D eigenvalue weighted by Crippen LogP contribution is 2.33. The molecule has 0 radical (unpaired) electrons. The first-order valence-electron chi connectivity index (χ1n) is 7.08. The highest BCUT2D eigenvalue weighted by molar-refractivity contribution is 5.80. The van der Waals surface area contributed by atoms with Crippen LogP contribution in [0.3, 0.4) is 0 Å². The van der Waals surface area contributed by atoms with Gasteiger partial charge in [-0.15, -0.1) is 0 Å². The van der Waals surface area contributed by atoms with Crippen molar-refractivity contribution in [2.24, 2.45) is 11.8 Å². The predicted molar refractivity (Wildman–Crippen MR) is 71.2 cm³/mol. The zero-order valence-electron chi connectivity index (χ0n) is 12.1. The fourth-order valence-corrected chi connectivity index (χ4v) is 2.70. The monoisotopic (exact) mass is 257 g/mol. The van der Waals surface area contributed by atoms with Gasteiger partial charge in [-0.3, -0.25) is 4.79 Å². The van der Waals surface area contributed by atoms with E-state index in [-0.39, 0.29) is 36.6 Å². The second kappa shape index (κ2) is 7.10. The molecule has 1 N–H and O–H groups in total. The standard InChI is InChI=1S/C14H27NO3/c1-5-6-7-15(8-9-16)14(17)13-10(2)11(3)18-12(13)4/h10-13,16H,5-9H2,1-4H3. The Balaban J connectivity index is 2.69. The van der Waals surface area contributed by atoms with Gasteiger partial charge in [0.05, 0.1) is 24.7 Å². The van der Waals surface area contributed by atoms with Crippen LogP contribution in [-0.4, -0.2) is 47.8 Å². The summed E-state index contributed by atoms with van der Waals surface area (Å²) in [7, 11) is 0. The number of nitrogens with zero attached hydrogens (tertiary/aromatic N) is 1. The number of ether oxygens (including phenoxy) is 1. The Morgan fingerprint density at radius 2 is 1.89 bits per heavy atom. The average Bonchev–Trinajstić information content (AvgIpc) is 2.58. The fourth-order valence-electron chi connectivity index (χ4n) is 2.70. The van der Waals surface area contributed by atoms with Gasteiger partial charge in [-0.1, -0.05) is 20.3 Å². The lowest BCUT2D eigenvalue weighted by molar-refractivity contribution is -0.138. The van der Waals surface area contributed by atoms with E-state index in [0.717, 1.165) is 19.4 Å². The van der Waals surface area contributed by atoms with Crippen LogP contribution in [0.5, 0.6) is 0 Å². The Morgan fingerprint density at radius 1 is 1.22 bits per heavy atom. The molecule has 0 bridgehead atoms. The Kier molecular flexibility index (Phi) is 6.09. The van der Waals surface area contributed by atoms with Crippen LogP contribution in [0.25, 0.3) is 0 Å². The fraction of sp³-hybridized carbons (Fsp3) is 0.929. The highest BCUT2D eigenvalue weighted by Gasteiger charge is 2.42. The van der Waals surface area contributed by atoms with Gasteiger partial charge in [0.25, 0.3) is 0 Å². The third-order valence-corrected chi connectivity index (χ3v) is 3.99. The molecule has 106 valence electrons. The van der Waals surface area contributed by atoms with E-state index in [4.69, 9.17) is 9.84 Å². The minimum Gasteiger partial charge on any atom is -0.395 e. The number of unbranched alkanes of at least 4 members (excludes halogenated alkanes) is 1. The first kappa shape index (κ1) is 15.4. The molecule has 1 heterocycles. The van der Waals surface area contributed by atoms with Crippen molar-refractivity contribution in [3.63, 3.8) is 0 Å². The minimum atomic E-state index is -0.0663. The second-order valence-corrected chi connectivity index (χ2v) is 5.33. The van der Waals surface area contributed by atoms with Crippen molar-refractivity contribution in [2.75, 3.05) is 19.7 Å². The molecule has 4 nitrogen and oxygen atoms in total. The Bertz CT molecular complexity index is 270. The molecule has 0 spiro atoms. The van der Waals surface area contributed by atoms with Crippen LogP contribution >= 0.6 is 0 Å². The zero-order chi connectivity index (χ0) is 13.7. The summed E-state index contributed by atoms with van der Waals surface area (Å²) in [4.78, 5) is 14.3. The highest BCUT2D eigenvalue weighted by atomic mass is 16.5. The van der Waals surface area contributed by atoms with E-state index in [2.05, 4.69) is 13.8 Å². The van der Waals surface area contributed by atoms with Gasteiger partial charge in [-0.05, 0) is 26.2 Å². The van der Waals surface area contributed by atoms with Crippen molar-refractivity contribution in [3.8, 4) is 0 Å². The van der Waals surface area contributed by atoms with E-state index in [9.17, 15) is 4.79 Å². The molecule has 4 unspecified atom stereocenters. The van der Waals surface area contributed by atoms with Gasteiger partial charge in [0.2, 0.25) is 5.91 Å². The van der Waals surface area contributed by atoms with Crippen LogP contribution in [-0.2, 0) is 9.53 Å². The summed E-state index contributed by atoms with van der Waals surface area (Å²) in [6.45, 7) is 9.38. The van der Waals surface area contributed by atoms with Crippen molar-refractivity contribution < 1.29 is 14.6 Å². The molecule has 0 aromatic rings. The molecule has 4 atom stereocenters. The van der Waals surface area contributed by atoms with E-state index in [0.29, 0.717) is 6.54 Å². The normalized spacial score (nSPS) is 31.6. The molecule has 1 aliphatic rings. The quantitative estimate of drug-likeness (QED) is 0.787. The number of hydrogen-bond acceptors (Lipinski definition) is 3. The summed E-state index contributed by atoms with van der Waals surface area (Å²) >= 11 is 0. The summed E-state index contributed by atoms with van der Waals surface area (Å²) in [5.74, 6) is 0.320. The number of amides is 1. The molecule has 1 amide bonds. The number of rotatable bonds is 6. The van der Waals surface area contributed by atoms with E-state index < -0.39 is 0 Å². The number of carbonyl (C=O) groups excluding carboxylic acids is 1. The van der Waals surface area contributed by atoms with Gasteiger partial charge in [0, 0.05) is 13.1 Å². The number of aliphatic hydroxyl groups is 1. The van der Waals surface area contributed by atoms with Crippen molar-refractivity contribution in [1.29, 1.82) is 0 Å². The smallest absolute Gasteiger partial charge is 0.228 e. The molecule has 0 aromatic heterocycles. The molecule has 0 saturated carbocycles. The van der Waals surface area contributed by atoms with Gasteiger partial charge in [-0.25, -0.2) is 0 Å². The molecule has 18 heavy (non-hydrogen) atoms. The van der Waals surface area contributed by atoms with Crippen LogP contribution in [0.1, 0.15) is 40.5 Å². The van der Waals surface area contributed by atoms with Crippen LogP contribution in [0.15, 0.2) is 0 Å². The first-order chi connectivity index (χ1) is 8.52. The Labute approximate surface area is 110 Å². The molecule has 0 aromatic carbocycles. The number of hydrogen-bond donors (Lipinski definition) is 1. The molecular weight excluding hydrogens is 230 g/mol. The van der Waals surface area contributed by atoms with Gasteiger partial charge in [0.1, 0.15) is 0 Å². The number of aliphatic hydroxyl groups excluding tert-OH is 1. The summed E-state index contributed by atoms with van der Waals surface area (Å²) in [6.07, 6.45) is 2.15. The largest absolute Gasteiger partial charge is 0.395 e.